The highest BCUT2D eigenvalue weighted by molar-refractivity contribution is 6.28. The van der Waals surface area contributed by atoms with E-state index in [1.165, 1.54) is 7.11 Å². The first kappa shape index (κ1) is 17.8. The van der Waals surface area contributed by atoms with E-state index < -0.39 is 5.91 Å². The SMILES string of the molecule is CO/N=C(\CCl)Cn1cc(C(N)=O)c2cc(/N=C/N(C)C)ccc21. The number of carbonyl (C=O) groups excluding carboxylic acids is 1. The van der Waals surface area contributed by atoms with Crippen molar-refractivity contribution in [2.24, 2.45) is 15.9 Å². The molecule has 2 aromatic rings. The molecular weight excluding hydrogens is 330 g/mol. The normalized spacial score (nSPS) is 12.1. The number of rotatable bonds is 7. The van der Waals surface area contributed by atoms with E-state index in [2.05, 4.69) is 10.1 Å². The lowest BCUT2D eigenvalue weighted by molar-refractivity contribution is 0.100. The van der Waals surface area contributed by atoms with E-state index in [0.717, 1.165) is 16.6 Å². The fourth-order valence-corrected chi connectivity index (χ4v) is 2.43. The molecule has 0 aliphatic carbocycles. The van der Waals surface area contributed by atoms with Gasteiger partial charge in [0.2, 0.25) is 0 Å². The Morgan fingerprint density at radius 3 is 2.79 bits per heavy atom. The van der Waals surface area contributed by atoms with E-state index in [1.54, 1.807) is 12.5 Å². The Labute approximate surface area is 145 Å². The van der Waals surface area contributed by atoms with Gasteiger partial charge in [0.05, 0.1) is 35.7 Å². The molecule has 0 radical (unpaired) electrons. The second kappa shape index (κ2) is 7.83. The molecule has 2 rings (SSSR count). The van der Waals surface area contributed by atoms with Crippen LogP contribution in [0.1, 0.15) is 10.4 Å². The third-order valence-electron chi connectivity index (χ3n) is 3.30. The lowest BCUT2D eigenvalue weighted by Gasteiger charge is -2.06. The van der Waals surface area contributed by atoms with E-state index in [4.69, 9.17) is 22.2 Å². The van der Waals surface area contributed by atoms with Gasteiger partial charge in [0.25, 0.3) is 5.91 Å². The maximum absolute atomic E-state index is 11.8. The molecule has 1 amide bonds. The summed E-state index contributed by atoms with van der Waals surface area (Å²) < 4.78 is 1.87. The second-order valence-electron chi connectivity index (χ2n) is 5.42. The maximum Gasteiger partial charge on any atom is 0.250 e. The second-order valence-corrected chi connectivity index (χ2v) is 5.69. The van der Waals surface area contributed by atoms with Crippen LogP contribution in [0.4, 0.5) is 5.69 Å². The number of hydrogen-bond acceptors (Lipinski definition) is 4. The van der Waals surface area contributed by atoms with E-state index in [9.17, 15) is 4.79 Å². The van der Waals surface area contributed by atoms with Gasteiger partial charge in [0.1, 0.15) is 7.11 Å². The van der Waals surface area contributed by atoms with Crippen molar-refractivity contribution in [2.45, 2.75) is 6.54 Å². The van der Waals surface area contributed by atoms with E-state index in [0.29, 0.717) is 17.8 Å². The Morgan fingerprint density at radius 2 is 2.21 bits per heavy atom. The zero-order chi connectivity index (χ0) is 17.7. The van der Waals surface area contributed by atoms with Gasteiger partial charge in [-0.1, -0.05) is 5.16 Å². The Morgan fingerprint density at radius 1 is 1.46 bits per heavy atom. The number of alkyl halides is 1. The first-order valence-electron chi connectivity index (χ1n) is 7.24. The van der Waals surface area contributed by atoms with Crippen molar-refractivity contribution in [1.82, 2.24) is 9.47 Å². The number of amides is 1. The standard InChI is InChI=1S/C16H20ClN5O2/c1-21(2)10-19-11-4-5-15-13(6-11)14(16(18)23)9-22(15)8-12(7-17)20-24-3/h4-6,9-10H,7-8H2,1-3H3,(H2,18,23)/b19-10+,20-12+. The minimum Gasteiger partial charge on any atom is -0.399 e. The quantitative estimate of drug-likeness (QED) is 0.360. The molecule has 24 heavy (non-hydrogen) atoms. The number of primary amides is 1. The molecular formula is C16H20ClN5O2. The molecule has 0 spiro atoms. The minimum atomic E-state index is -0.497. The van der Waals surface area contributed by atoms with E-state index in [1.807, 2.05) is 41.8 Å². The summed E-state index contributed by atoms with van der Waals surface area (Å²) in [4.78, 5) is 22.7. The summed E-state index contributed by atoms with van der Waals surface area (Å²) in [7, 11) is 5.23. The highest BCUT2D eigenvalue weighted by Crippen LogP contribution is 2.26. The number of fused-ring (bicyclic) bond motifs is 1. The topological polar surface area (TPSA) is 85.2 Å². The Balaban J connectivity index is 2.51. The van der Waals surface area contributed by atoms with Crippen molar-refractivity contribution >= 4 is 46.1 Å². The summed E-state index contributed by atoms with van der Waals surface area (Å²) in [6.45, 7) is 0.404. The summed E-state index contributed by atoms with van der Waals surface area (Å²) >= 11 is 5.87. The number of oxime groups is 1. The summed E-state index contributed by atoms with van der Waals surface area (Å²) in [6.07, 6.45) is 3.39. The van der Waals surface area contributed by atoms with Crippen molar-refractivity contribution in [3.8, 4) is 0 Å². The number of halogens is 1. The molecule has 8 heteroatoms. The molecule has 1 aromatic carbocycles. The molecule has 0 atom stereocenters. The van der Waals surface area contributed by atoms with Crippen molar-refractivity contribution in [3.05, 3.63) is 30.0 Å². The minimum absolute atomic E-state index is 0.227. The van der Waals surface area contributed by atoms with Gasteiger partial charge >= 0.3 is 0 Å². The van der Waals surface area contributed by atoms with Gasteiger partial charge < -0.3 is 20.0 Å². The van der Waals surface area contributed by atoms with Crippen molar-refractivity contribution in [3.63, 3.8) is 0 Å². The summed E-state index contributed by atoms with van der Waals surface area (Å²) in [6, 6.07) is 5.60. The summed E-state index contributed by atoms with van der Waals surface area (Å²) in [5.41, 5.74) is 8.16. The first-order valence-corrected chi connectivity index (χ1v) is 7.78. The van der Waals surface area contributed by atoms with Crippen LogP contribution in [-0.2, 0) is 11.4 Å². The zero-order valence-corrected chi connectivity index (χ0v) is 14.6. The highest BCUT2D eigenvalue weighted by atomic mass is 35.5. The molecule has 2 N–H and O–H groups in total. The Hall–Kier alpha value is -2.54. The Kier molecular flexibility index (Phi) is 5.81. The number of nitrogens with zero attached hydrogens (tertiary/aromatic N) is 4. The van der Waals surface area contributed by atoms with Gasteiger partial charge in [-0.05, 0) is 18.2 Å². The number of aliphatic imine (C=N–C) groups is 1. The molecule has 0 aliphatic rings. The number of benzene rings is 1. The predicted octanol–water partition coefficient (Wildman–Crippen LogP) is 2.20. The van der Waals surface area contributed by atoms with Crippen LogP contribution in [0, 0.1) is 0 Å². The molecule has 0 saturated carbocycles. The van der Waals surface area contributed by atoms with Crippen LogP contribution in [0.25, 0.3) is 10.9 Å². The van der Waals surface area contributed by atoms with E-state index >= 15 is 0 Å². The summed E-state index contributed by atoms with van der Waals surface area (Å²) in [5.74, 6) is -0.270. The lowest BCUT2D eigenvalue weighted by Crippen LogP contribution is -2.12. The molecule has 7 nitrogen and oxygen atoms in total. The van der Waals surface area contributed by atoms with Crippen LogP contribution >= 0.6 is 11.6 Å². The van der Waals surface area contributed by atoms with Crippen molar-refractivity contribution in [1.29, 1.82) is 0 Å². The molecule has 1 heterocycles. The van der Waals surface area contributed by atoms with Crippen molar-refractivity contribution < 1.29 is 9.63 Å². The van der Waals surface area contributed by atoms with Crippen LogP contribution in [0.15, 0.2) is 34.5 Å². The van der Waals surface area contributed by atoms with Crippen molar-refractivity contribution in [2.75, 3.05) is 27.1 Å². The van der Waals surface area contributed by atoms with Gasteiger partial charge in [0.15, 0.2) is 0 Å². The van der Waals surface area contributed by atoms with Gasteiger partial charge in [0, 0.05) is 31.2 Å². The van der Waals surface area contributed by atoms with Gasteiger partial charge in [-0.3, -0.25) is 4.79 Å². The number of hydrogen-bond donors (Lipinski definition) is 1. The number of carbonyl (C=O) groups is 1. The average Bonchev–Trinajstić information content (AvgIpc) is 2.90. The van der Waals surface area contributed by atoms with E-state index in [-0.39, 0.29) is 5.88 Å². The smallest absolute Gasteiger partial charge is 0.250 e. The summed E-state index contributed by atoms with van der Waals surface area (Å²) in [5, 5.41) is 4.62. The fraction of sp³-hybridized carbons (Fsp3) is 0.312. The number of aromatic nitrogens is 1. The van der Waals surface area contributed by atoms with Crippen LogP contribution < -0.4 is 5.73 Å². The monoisotopic (exact) mass is 349 g/mol. The van der Waals surface area contributed by atoms with Gasteiger partial charge in [-0.2, -0.15) is 0 Å². The van der Waals surface area contributed by atoms with Gasteiger partial charge in [-0.15, -0.1) is 11.6 Å². The third-order valence-corrected chi connectivity index (χ3v) is 3.60. The van der Waals surface area contributed by atoms with Crippen LogP contribution in [0.3, 0.4) is 0 Å². The molecule has 1 aromatic heterocycles. The highest BCUT2D eigenvalue weighted by Gasteiger charge is 2.14. The molecule has 0 saturated heterocycles. The maximum atomic E-state index is 11.8. The molecule has 128 valence electrons. The molecule has 0 bridgehead atoms. The first-order chi connectivity index (χ1) is 11.5. The van der Waals surface area contributed by atoms with Crippen LogP contribution in [0.2, 0.25) is 0 Å². The molecule has 0 unspecified atom stereocenters. The van der Waals surface area contributed by atoms with Gasteiger partial charge in [-0.25, -0.2) is 4.99 Å². The molecule has 0 fully saturated rings. The number of nitrogens with two attached hydrogens (primary N) is 1. The third kappa shape index (κ3) is 4.05. The lowest BCUT2D eigenvalue weighted by atomic mass is 10.1. The van der Waals surface area contributed by atoms with Crippen LogP contribution in [0.5, 0.6) is 0 Å². The zero-order valence-electron chi connectivity index (χ0n) is 13.9. The average molecular weight is 350 g/mol. The fourth-order valence-electron chi connectivity index (χ4n) is 2.30. The van der Waals surface area contributed by atoms with Crippen LogP contribution in [-0.4, -0.2) is 54.5 Å². The Bertz CT molecular complexity index is 795. The largest absolute Gasteiger partial charge is 0.399 e. The predicted molar refractivity (Wildman–Crippen MR) is 97.5 cm³/mol. The molecule has 0 aliphatic heterocycles.